The van der Waals surface area contributed by atoms with Crippen molar-refractivity contribution in [3.05, 3.63) is 47.8 Å². The molecular weight excluding hydrogens is 485 g/mol. The normalized spacial score (nSPS) is 13.5. The summed E-state index contributed by atoms with van der Waals surface area (Å²) in [6, 6.07) is 3.98. The Kier molecular flexibility index (Phi) is 7.04. The van der Waals surface area contributed by atoms with Gasteiger partial charge in [-0.05, 0) is 38.3 Å². The van der Waals surface area contributed by atoms with Crippen LogP contribution in [0.5, 0.6) is 0 Å². The van der Waals surface area contributed by atoms with Gasteiger partial charge in [-0.1, -0.05) is 0 Å². The average molecular weight is 507 g/mol. The summed E-state index contributed by atoms with van der Waals surface area (Å²) in [7, 11) is 0. The number of anilines is 2. The quantitative estimate of drug-likeness (QED) is 0.283. The Hall–Kier alpha value is -3.83. The summed E-state index contributed by atoms with van der Waals surface area (Å²) >= 11 is 0. The van der Waals surface area contributed by atoms with Gasteiger partial charge in [0.15, 0.2) is 0 Å². The van der Waals surface area contributed by atoms with E-state index in [-0.39, 0.29) is 36.0 Å². The van der Waals surface area contributed by atoms with Crippen LogP contribution in [-0.4, -0.2) is 34.6 Å². The number of amides is 3. The molecule has 0 unspecified atom stereocenters. The molecule has 1 aromatic carbocycles. The second kappa shape index (κ2) is 10.0. The molecule has 2 heterocycles. The lowest BCUT2D eigenvalue weighted by Gasteiger charge is -2.13. The monoisotopic (exact) mass is 507 g/mol. The summed E-state index contributed by atoms with van der Waals surface area (Å²) in [5.41, 5.74) is 0.847. The van der Waals surface area contributed by atoms with Crippen molar-refractivity contribution < 1.29 is 31.5 Å². The maximum Gasteiger partial charge on any atom is 0.389 e. The third kappa shape index (κ3) is 6.23. The van der Waals surface area contributed by atoms with Crippen LogP contribution in [0.1, 0.15) is 31.4 Å². The molecule has 12 heteroatoms. The van der Waals surface area contributed by atoms with Gasteiger partial charge in [-0.3, -0.25) is 9.78 Å². The van der Waals surface area contributed by atoms with Crippen molar-refractivity contribution in [1.29, 1.82) is 0 Å². The number of aromatic nitrogens is 2. The number of hydrogen-bond donors (Lipinski definition) is 3. The van der Waals surface area contributed by atoms with Crippen LogP contribution >= 0.6 is 0 Å². The number of urea groups is 1. The first-order valence-corrected chi connectivity index (χ1v) is 11.2. The van der Waals surface area contributed by atoms with Gasteiger partial charge in [0.1, 0.15) is 17.5 Å². The molecule has 3 N–H and O–H groups in total. The van der Waals surface area contributed by atoms with E-state index in [4.69, 9.17) is 0 Å². The fourth-order valence-electron chi connectivity index (χ4n) is 3.59. The van der Waals surface area contributed by atoms with Crippen molar-refractivity contribution in [2.75, 3.05) is 17.2 Å². The number of carbonyl (C=O) groups excluding carboxylic acids is 2. The lowest BCUT2D eigenvalue weighted by molar-refractivity contribution is -0.135. The zero-order valence-corrected chi connectivity index (χ0v) is 19.1. The SMILES string of the molecule is Cc1nc2cc(NC(=O)C3CC3)ncc2cc1-c1cc(NC(=O)NCCCC(F)(F)F)c(F)cc1F. The van der Waals surface area contributed by atoms with E-state index in [2.05, 4.69) is 25.9 Å². The molecule has 3 amide bonds. The molecule has 0 radical (unpaired) electrons. The number of nitrogens with one attached hydrogen (secondary N) is 3. The maximum atomic E-state index is 14.7. The molecule has 2 aromatic heterocycles. The smallest absolute Gasteiger partial charge is 0.338 e. The minimum absolute atomic E-state index is 0.00537. The first-order chi connectivity index (χ1) is 17.0. The molecule has 1 aliphatic rings. The molecule has 1 saturated carbocycles. The molecule has 1 fully saturated rings. The topological polar surface area (TPSA) is 96.0 Å². The Balaban J connectivity index is 1.53. The van der Waals surface area contributed by atoms with Gasteiger partial charge in [0.25, 0.3) is 0 Å². The molecular formula is C24H22F5N5O2. The highest BCUT2D eigenvalue weighted by Gasteiger charge is 2.30. The van der Waals surface area contributed by atoms with E-state index in [1.165, 1.54) is 6.20 Å². The van der Waals surface area contributed by atoms with Crippen molar-refractivity contribution >= 4 is 34.3 Å². The number of pyridine rings is 2. The number of halogens is 5. The molecule has 0 spiro atoms. The van der Waals surface area contributed by atoms with Crippen molar-refractivity contribution in [1.82, 2.24) is 15.3 Å². The Bertz CT molecular complexity index is 1320. The molecule has 0 saturated heterocycles. The summed E-state index contributed by atoms with van der Waals surface area (Å²) in [5.74, 6) is -1.70. The first kappa shape index (κ1) is 25.3. The summed E-state index contributed by atoms with van der Waals surface area (Å²) in [6.07, 6.45) is -2.58. The summed E-state index contributed by atoms with van der Waals surface area (Å²) < 4.78 is 65.7. The van der Waals surface area contributed by atoms with Crippen LogP contribution < -0.4 is 16.0 Å². The van der Waals surface area contributed by atoms with Gasteiger partial charge < -0.3 is 16.0 Å². The Morgan fingerprint density at radius 1 is 1.03 bits per heavy atom. The average Bonchev–Trinajstić information content (AvgIpc) is 3.63. The van der Waals surface area contributed by atoms with Crippen LogP contribution in [0.2, 0.25) is 0 Å². The van der Waals surface area contributed by atoms with E-state index in [1.54, 1.807) is 19.1 Å². The molecule has 190 valence electrons. The number of fused-ring (bicyclic) bond motifs is 1. The van der Waals surface area contributed by atoms with Gasteiger partial charge >= 0.3 is 12.2 Å². The summed E-state index contributed by atoms with van der Waals surface area (Å²) in [6.45, 7) is 1.35. The number of carbonyl (C=O) groups is 2. The van der Waals surface area contributed by atoms with Crippen molar-refractivity contribution in [2.45, 2.75) is 38.8 Å². The standard InChI is InChI=1S/C24H22F5N5O2/c1-12-15(7-14-11-31-21(10-19(14)32-12)34-22(35)13-3-4-13)16-8-20(18(26)9-17(16)25)33-23(36)30-6-2-5-24(27,28)29/h7-11,13H,2-6H2,1H3,(H2,30,33,36)(H,31,34,35). The van der Waals surface area contributed by atoms with Crippen molar-refractivity contribution in [3.63, 3.8) is 0 Å². The van der Waals surface area contributed by atoms with Gasteiger partial charge in [0.05, 0.1) is 11.2 Å². The number of hydrogen-bond acceptors (Lipinski definition) is 4. The van der Waals surface area contributed by atoms with Crippen LogP contribution in [0.4, 0.5) is 38.3 Å². The fraction of sp³-hybridized carbons (Fsp3) is 0.333. The fourth-order valence-corrected chi connectivity index (χ4v) is 3.59. The Morgan fingerprint density at radius 3 is 2.47 bits per heavy atom. The molecule has 7 nitrogen and oxygen atoms in total. The van der Waals surface area contributed by atoms with Gasteiger partial charge in [-0.2, -0.15) is 13.2 Å². The zero-order valence-electron chi connectivity index (χ0n) is 19.1. The first-order valence-electron chi connectivity index (χ1n) is 11.2. The van der Waals surface area contributed by atoms with Crippen LogP contribution in [0.15, 0.2) is 30.5 Å². The minimum atomic E-state index is -4.34. The van der Waals surface area contributed by atoms with Gasteiger partial charge in [-0.25, -0.2) is 18.6 Å². The third-order valence-electron chi connectivity index (χ3n) is 5.61. The van der Waals surface area contributed by atoms with E-state index in [9.17, 15) is 31.5 Å². The van der Waals surface area contributed by atoms with Crippen molar-refractivity contribution in [3.8, 4) is 11.1 Å². The van der Waals surface area contributed by atoms with E-state index in [0.29, 0.717) is 34.0 Å². The Labute approximate surface area is 202 Å². The maximum absolute atomic E-state index is 14.7. The molecule has 0 atom stereocenters. The number of rotatable bonds is 7. The Morgan fingerprint density at radius 2 is 1.78 bits per heavy atom. The lowest BCUT2D eigenvalue weighted by atomic mass is 10.0. The summed E-state index contributed by atoms with van der Waals surface area (Å²) in [5, 5.41) is 7.68. The van der Waals surface area contributed by atoms with E-state index in [0.717, 1.165) is 18.9 Å². The van der Waals surface area contributed by atoms with Gasteiger partial charge in [0.2, 0.25) is 5.91 Å². The van der Waals surface area contributed by atoms with Crippen LogP contribution in [0.25, 0.3) is 22.0 Å². The van der Waals surface area contributed by atoms with Crippen LogP contribution in [0, 0.1) is 24.5 Å². The predicted octanol–water partition coefficient (Wildman–Crippen LogP) is 5.70. The molecule has 3 aromatic rings. The second-order valence-electron chi connectivity index (χ2n) is 8.56. The highest BCUT2D eigenvalue weighted by atomic mass is 19.4. The van der Waals surface area contributed by atoms with Crippen molar-refractivity contribution in [2.24, 2.45) is 5.92 Å². The third-order valence-corrected chi connectivity index (χ3v) is 5.61. The van der Waals surface area contributed by atoms with Crippen LogP contribution in [0.3, 0.4) is 0 Å². The minimum Gasteiger partial charge on any atom is -0.338 e. The number of nitrogens with zero attached hydrogens (tertiary/aromatic N) is 2. The van der Waals surface area contributed by atoms with E-state index < -0.39 is 30.3 Å². The van der Waals surface area contributed by atoms with Gasteiger partial charge in [0, 0.05) is 59.4 Å². The summed E-state index contributed by atoms with van der Waals surface area (Å²) in [4.78, 5) is 32.6. The largest absolute Gasteiger partial charge is 0.389 e. The predicted molar refractivity (Wildman–Crippen MR) is 123 cm³/mol. The van der Waals surface area contributed by atoms with E-state index >= 15 is 0 Å². The molecule has 0 aliphatic heterocycles. The van der Waals surface area contributed by atoms with Gasteiger partial charge in [-0.15, -0.1) is 0 Å². The second-order valence-corrected chi connectivity index (χ2v) is 8.56. The molecule has 4 rings (SSSR count). The number of alkyl halides is 3. The highest BCUT2D eigenvalue weighted by Crippen LogP contribution is 2.33. The number of aryl methyl sites for hydroxylation is 1. The molecule has 36 heavy (non-hydrogen) atoms. The highest BCUT2D eigenvalue weighted by molar-refractivity contribution is 5.95. The lowest BCUT2D eigenvalue weighted by Crippen LogP contribution is -2.30. The van der Waals surface area contributed by atoms with Crippen LogP contribution in [-0.2, 0) is 4.79 Å². The van der Waals surface area contributed by atoms with E-state index in [1.807, 2.05) is 0 Å². The molecule has 1 aliphatic carbocycles. The zero-order chi connectivity index (χ0) is 26.0. The molecule has 0 bridgehead atoms. The number of benzene rings is 1.